The Morgan fingerprint density at radius 3 is 2.44 bits per heavy atom. The number of nitrogens with one attached hydrogen (secondary N) is 1. The monoisotopic (exact) mass is 286 g/mol. The molecule has 1 unspecified atom stereocenters. The summed E-state index contributed by atoms with van der Waals surface area (Å²) in [6.07, 6.45) is 1.87. The van der Waals surface area contributed by atoms with Gasteiger partial charge in [0.2, 0.25) is 0 Å². The molecule has 0 saturated heterocycles. The van der Waals surface area contributed by atoms with Gasteiger partial charge < -0.3 is 9.88 Å². The summed E-state index contributed by atoms with van der Waals surface area (Å²) in [5.74, 6) is -0.0318. The summed E-state index contributed by atoms with van der Waals surface area (Å²) >= 11 is 3.36. The summed E-state index contributed by atoms with van der Waals surface area (Å²) in [5.41, 5.74) is 0.737. The van der Waals surface area contributed by atoms with Gasteiger partial charge in [0.25, 0.3) is 5.91 Å². The third-order valence-electron chi connectivity index (χ3n) is 2.85. The largest absolute Gasteiger partial charge is 0.348 e. The molecule has 4 heteroatoms. The Kier molecular flexibility index (Phi) is 3.84. The van der Waals surface area contributed by atoms with E-state index in [2.05, 4.69) is 42.0 Å². The van der Waals surface area contributed by atoms with E-state index in [1.807, 2.05) is 30.8 Å². The van der Waals surface area contributed by atoms with Crippen LogP contribution in [0.2, 0.25) is 0 Å². The molecule has 1 aromatic rings. The van der Waals surface area contributed by atoms with Crippen LogP contribution in [0.4, 0.5) is 0 Å². The van der Waals surface area contributed by atoms with Crippen LogP contribution in [0.3, 0.4) is 0 Å². The van der Waals surface area contributed by atoms with Crippen molar-refractivity contribution in [1.29, 1.82) is 0 Å². The Morgan fingerprint density at radius 2 is 2.06 bits per heavy atom. The van der Waals surface area contributed by atoms with Crippen LogP contribution in [0.5, 0.6) is 0 Å². The van der Waals surface area contributed by atoms with Crippen LogP contribution in [0.25, 0.3) is 0 Å². The van der Waals surface area contributed by atoms with E-state index < -0.39 is 0 Å². The molecule has 90 valence electrons. The van der Waals surface area contributed by atoms with Gasteiger partial charge in [0.05, 0.1) is 0 Å². The van der Waals surface area contributed by atoms with Crippen LogP contribution < -0.4 is 5.32 Å². The van der Waals surface area contributed by atoms with Crippen LogP contribution in [0.15, 0.2) is 16.7 Å². The first kappa shape index (κ1) is 13.3. The van der Waals surface area contributed by atoms with Gasteiger partial charge in [0.15, 0.2) is 0 Å². The van der Waals surface area contributed by atoms with Crippen molar-refractivity contribution < 1.29 is 4.79 Å². The van der Waals surface area contributed by atoms with Gasteiger partial charge in [-0.25, -0.2) is 0 Å². The highest BCUT2D eigenvalue weighted by molar-refractivity contribution is 9.10. The maximum Gasteiger partial charge on any atom is 0.268 e. The molecule has 3 nitrogen and oxygen atoms in total. The zero-order valence-corrected chi connectivity index (χ0v) is 12.1. The summed E-state index contributed by atoms with van der Waals surface area (Å²) in [7, 11) is 1.86. The van der Waals surface area contributed by atoms with Gasteiger partial charge in [0, 0.05) is 23.8 Å². The normalized spacial score (nSPS) is 13.6. The third kappa shape index (κ3) is 3.11. The number of rotatable bonds is 2. The number of hydrogen-bond donors (Lipinski definition) is 1. The lowest BCUT2D eigenvalue weighted by atomic mass is 9.88. The minimum absolute atomic E-state index is 0.0318. The van der Waals surface area contributed by atoms with E-state index in [9.17, 15) is 4.79 Å². The molecular weight excluding hydrogens is 268 g/mol. The fourth-order valence-corrected chi connectivity index (χ4v) is 1.76. The van der Waals surface area contributed by atoms with Crippen LogP contribution in [0.1, 0.15) is 38.2 Å². The Labute approximate surface area is 105 Å². The fraction of sp³-hybridized carbons (Fsp3) is 0.583. The van der Waals surface area contributed by atoms with Gasteiger partial charge in [-0.05, 0) is 34.3 Å². The second kappa shape index (κ2) is 4.62. The van der Waals surface area contributed by atoms with Gasteiger partial charge in [-0.3, -0.25) is 4.79 Å². The molecule has 0 aliphatic carbocycles. The molecule has 0 aliphatic heterocycles. The summed E-state index contributed by atoms with van der Waals surface area (Å²) < 4.78 is 2.73. The molecule has 0 saturated carbocycles. The molecule has 1 atom stereocenters. The number of carbonyl (C=O) groups excluding carboxylic acids is 1. The molecule has 1 N–H and O–H groups in total. The quantitative estimate of drug-likeness (QED) is 0.891. The predicted octanol–water partition coefficient (Wildman–Crippen LogP) is 2.95. The SMILES string of the molecule is CC(NC(=O)c1cc(Br)cn1C)C(C)(C)C. The second-order valence-corrected chi connectivity index (χ2v) is 6.13. The van der Waals surface area contributed by atoms with Crippen molar-refractivity contribution in [3.05, 3.63) is 22.4 Å². The third-order valence-corrected chi connectivity index (χ3v) is 3.28. The van der Waals surface area contributed by atoms with E-state index in [1.165, 1.54) is 0 Å². The van der Waals surface area contributed by atoms with E-state index in [0.29, 0.717) is 5.69 Å². The molecule has 1 heterocycles. The molecule has 1 amide bonds. The number of carbonyl (C=O) groups is 1. The van der Waals surface area contributed by atoms with Gasteiger partial charge in [-0.2, -0.15) is 0 Å². The Bertz CT molecular complexity index is 390. The molecule has 0 spiro atoms. The van der Waals surface area contributed by atoms with Crippen molar-refractivity contribution in [3.8, 4) is 0 Å². The summed E-state index contributed by atoms with van der Waals surface area (Å²) in [5, 5.41) is 3.01. The Hall–Kier alpha value is -0.770. The van der Waals surface area contributed by atoms with E-state index in [1.54, 1.807) is 0 Å². The van der Waals surface area contributed by atoms with Crippen LogP contribution in [-0.2, 0) is 7.05 Å². The first-order chi connectivity index (χ1) is 7.21. The minimum Gasteiger partial charge on any atom is -0.348 e. The number of aromatic nitrogens is 1. The van der Waals surface area contributed by atoms with Crippen molar-refractivity contribution in [2.75, 3.05) is 0 Å². The summed E-state index contributed by atoms with van der Waals surface area (Å²) in [4.78, 5) is 12.0. The molecule has 1 rings (SSSR count). The van der Waals surface area contributed by atoms with Crippen LogP contribution in [-0.4, -0.2) is 16.5 Å². The summed E-state index contributed by atoms with van der Waals surface area (Å²) in [6, 6.07) is 1.96. The lowest BCUT2D eigenvalue weighted by Gasteiger charge is -2.28. The molecular formula is C12H19BrN2O. The lowest BCUT2D eigenvalue weighted by molar-refractivity contribution is 0.0902. The molecule has 0 fully saturated rings. The number of nitrogens with zero attached hydrogens (tertiary/aromatic N) is 1. The zero-order valence-electron chi connectivity index (χ0n) is 10.5. The van der Waals surface area contributed by atoms with Gasteiger partial charge in [-0.15, -0.1) is 0 Å². The van der Waals surface area contributed by atoms with E-state index >= 15 is 0 Å². The standard InChI is InChI=1S/C12H19BrN2O/c1-8(12(2,3)4)14-11(16)10-6-9(13)7-15(10)5/h6-8H,1-5H3,(H,14,16). The van der Waals surface area contributed by atoms with Crippen LogP contribution in [0, 0.1) is 5.41 Å². The maximum absolute atomic E-state index is 12.0. The first-order valence-electron chi connectivity index (χ1n) is 5.34. The number of amides is 1. The van der Waals surface area contributed by atoms with E-state index in [4.69, 9.17) is 0 Å². The first-order valence-corrected chi connectivity index (χ1v) is 6.14. The molecule has 1 aromatic heterocycles. The summed E-state index contributed by atoms with van der Waals surface area (Å²) in [6.45, 7) is 8.35. The van der Waals surface area contributed by atoms with Gasteiger partial charge in [-0.1, -0.05) is 20.8 Å². The number of hydrogen-bond acceptors (Lipinski definition) is 1. The van der Waals surface area contributed by atoms with Crippen molar-refractivity contribution in [1.82, 2.24) is 9.88 Å². The second-order valence-electron chi connectivity index (χ2n) is 5.22. The van der Waals surface area contributed by atoms with Crippen LogP contribution >= 0.6 is 15.9 Å². The predicted molar refractivity (Wildman–Crippen MR) is 69.5 cm³/mol. The van der Waals surface area contributed by atoms with Crippen molar-refractivity contribution in [3.63, 3.8) is 0 Å². The van der Waals surface area contributed by atoms with E-state index in [-0.39, 0.29) is 17.4 Å². The molecule has 0 bridgehead atoms. The van der Waals surface area contributed by atoms with Crippen molar-refractivity contribution >= 4 is 21.8 Å². The highest BCUT2D eigenvalue weighted by Crippen LogP contribution is 2.19. The number of aryl methyl sites for hydroxylation is 1. The molecule has 0 aliphatic rings. The average Bonchev–Trinajstić information content (AvgIpc) is 2.43. The van der Waals surface area contributed by atoms with Gasteiger partial charge in [0.1, 0.15) is 5.69 Å². The molecule has 0 aromatic carbocycles. The zero-order chi connectivity index (χ0) is 12.5. The van der Waals surface area contributed by atoms with E-state index in [0.717, 1.165) is 4.47 Å². The Balaban J connectivity index is 2.77. The topological polar surface area (TPSA) is 34.0 Å². The smallest absolute Gasteiger partial charge is 0.268 e. The number of halogens is 1. The average molecular weight is 287 g/mol. The highest BCUT2D eigenvalue weighted by Gasteiger charge is 2.23. The Morgan fingerprint density at radius 1 is 1.50 bits per heavy atom. The molecule has 16 heavy (non-hydrogen) atoms. The van der Waals surface area contributed by atoms with Gasteiger partial charge >= 0.3 is 0 Å². The maximum atomic E-state index is 12.0. The minimum atomic E-state index is -0.0318. The fourth-order valence-electron chi connectivity index (χ4n) is 1.24. The van der Waals surface area contributed by atoms with Crippen molar-refractivity contribution in [2.45, 2.75) is 33.7 Å². The van der Waals surface area contributed by atoms with Crippen molar-refractivity contribution in [2.24, 2.45) is 12.5 Å². The lowest BCUT2D eigenvalue weighted by Crippen LogP contribution is -2.41. The molecule has 0 radical (unpaired) electrons. The highest BCUT2D eigenvalue weighted by atomic mass is 79.9.